The van der Waals surface area contributed by atoms with Gasteiger partial charge in [0.05, 0.1) is 18.7 Å². The zero-order valence-corrected chi connectivity index (χ0v) is 16.3. The van der Waals surface area contributed by atoms with E-state index in [9.17, 15) is 9.59 Å². The molecule has 148 valence electrons. The number of aromatic nitrogens is 3. The summed E-state index contributed by atoms with van der Waals surface area (Å²) in [5.74, 6) is -0.0105. The lowest BCUT2D eigenvalue weighted by atomic mass is 10.1. The van der Waals surface area contributed by atoms with Gasteiger partial charge in [0.1, 0.15) is 5.69 Å². The van der Waals surface area contributed by atoms with Crippen molar-refractivity contribution in [1.29, 1.82) is 0 Å². The van der Waals surface area contributed by atoms with E-state index in [4.69, 9.17) is 0 Å². The van der Waals surface area contributed by atoms with Gasteiger partial charge in [0.2, 0.25) is 11.8 Å². The van der Waals surface area contributed by atoms with E-state index in [0.29, 0.717) is 19.5 Å². The van der Waals surface area contributed by atoms with Crippen LogP contribution in [0.5, 0.6) is 0 Å². The number of likely N-dealkylation sites (tertiary alicyclic amines) is 1. The molecule has 0 saturated carbocycles. The molecular formula is C22H23N5O2. The second kappa shape index (κ2) is 8.26. The summed E-state index contributed by atoms with van der Waals surface area (Å²) in [6, 6.07) is 17.5. The highest BCUT2D eigenvalue weighted by molar-refractivity contribution is 5.88. The van der Waals surface area contributed by atoms with Crippen LogP contribution in [0.1, 0.15) is 24.9 Å². The third-order valence-electron chi connectivity index (χ3n) is 5.10. The predicted octanol–water partition coefficient (Wildman–Crippen LogP) is 2.92. The van der Waals surface area contributed by atoms with Crippen molar-refractivity contribution in [3.63, 3.8) is 0 Å². The van der Waals surface area contributed by atoms with Crippen molar-refractivity contribution in [1.82, 2.24) is 19.9 Å². The first-order chi connectivity index (χ1) is 14.1. The smallest absolute Gasteiger partial charge is 0.227 e. The Kier molecular flexibility index (Phi) is 5.37. The average Bonchev–Trinajstić information content (AvgIpc) is 3.39. The molecule has 2 aromatic carbocycles. The fraction of sp³-hybridized carbons (Fsp3) is 0.273. The largest absolute Gasteiger partial charge is 0.340 e. The first-order valence-corrected chi connectivity index (χ1v) is 9.70. The second-order valence-electron chi connectivity index (χ2n) is 7.29. The molecule has 2 heterocycles. The Hall–Kier alpha value is -3.48. The van der Waals surface area contributed by atoms with Crippen LogP contribution in [0.2, 0.25) is 0 Å². The number of amides is 2. The summed E-state index contributed by atoms with van der Waals surface area (Å²) in [4.78, 5) is 25.7. The van der Waals surface area contributed by atoms with Crippen LogP contribution in [0.3, 0.4) is 0 Å². The van der Waals surface area contributed by atoms with Gasteiger partial charge in [-0.3, -0.25) is 9.59 Å². The SMILES string of the molecule is CC(=O)Nc1ccc(CC(=O)N2CCC(n3cc(-c4ccccc4)nn3)C2)cc1. The van der Waals surface area contributed by atoms with Gasteiger partial charge in [0, 0.05) is 31.3 Å². The van der Waals surface area contributed by atoms with Gasteiger partial charge in [-0.1, -0.05) is 47.7 Å². The lowest BCUT2D eigenvalue weighted by Gasteiger charge is -2.16. The molecule has 0 aliphatic carbocycles. The molecule has 0 spiro atoms. The average molecular weight is 389 g/mol. The van der Waals surface area contributed by atoms with Crippen molar-refractivity contribution in [2.75, 3.05) is 18.4 Å². The Balaban J connectivity index is 1.35. The van der Waals surface area contributed by atoms with Gasteiger partial charge in [-0.15, -0.1) is 5.10 Å². The highest BCUT2D eigenvalue weighted by Gasteiger charge is 2.28. The number of nitrogens with zero attached hydrogens (tertiary/aromatic N) is 4. The Morgan fingerprint density at radius 2 is 1.86 bits per heavy atom. The quantitative estimate of drug-likeness (QED) is 0.728. The van der Waals surface area contributed by atoms with Crippen LogP contribution < -0.4 is 5.32 Å². The molecule has 1 atom stereocenters. The summed E-state index contributed by atoms with van der Waals surface area (Å²) < 4.78 is 1.87. The molecule has 1 aromatic heterocycles. The summed E-state index contributed by atoms with van der Waals surface area (Å²) in [6.45, 7) is 2.83. The maximum Gasteiger partial charge on any atom is 0.227 e. The van der Waals surface area contributed by atoms with Crippen LogP contribution >= 0.6 is 0 Å². The predicted molar refractivity (Wildman–Crippen MR) is 110 cm³/mol. The van der Waals surface area contributed by atoms with Gasteiger partial charge in [-0.2, -0.15) is 0 Å². The standard InChI is InChI=1S/C22H23N5O2/c1-16(28)23-19-9-7-17(8-10-19)13-22(29)26-12-11-20(14-26)27-15-21(24-25-27)18-5-3-2-4-6-18/h2-10,15,20H,11-14H2,1H3,(H,23,28). The molecular weight excluding hydrogens is 366 g/mol. The molecule has 4 rings (SSSR count). The maximum atomic E-state index is 12.7. The lowest BCUT2D eigenvalue weighted by molar-refractivity contribution is -0.129. The van der Waals surface area contributed by atoms with Crippen LogP contribution in [0.25, 0.3) is 11.3 Å². The minimum absolute atomic E-state index is 0.100. The van der Waals surface area contributed by atoms with Crippen molar-refractivity contribution in [3.05, 3.63) is 66.4 Å². The van der Waals surface area contributed by atoms with Crippen LogP contribution in [-0.4, -0.2) is 44.8 Å². The first kappa shape index (κ1) is 18.9. The van der Waals surface area contributed by atoms with Gasteiger partial charge >= 0.3 is 0 Å². The zero-order chi connectivity index (χ0) is 20.2. The molecule has 1 saturated heterocycles. The van der Waals surface area contributed by atoms with E-state index in [1.807, 2.05) is 70.4 Å². The van der Waals surface area contributed by atoms with Crippen LogP contribution in [-0.2, 0) is 16.0 Å². The lowest BCUT2D eigenvalue weighted by Crippen LogP contribution is -2.30. The summed E-state index contributed by atoms with van der Waals surface area (Å²) in [5, 5.41) is 11.3. The highest BCUT2D eigenvalue weighted by atomic mass is 16.2. The van der Waals surface area contributed by atoms with Crippen molar-refractivity contribution in [3.8, 4) is 11.3 Å². The molecule has 29 heavy (non-hydrogen) atoms. The van der Waals surface area contributed by atoms with Crippen molar-refractivity contribution in [2.45, 2.75) is 25.8 Å². The molecule has 1 unspecified atom stereocenters. The van der Waals surface area contributed by atoms with Gasteiger partial charge in [0.25, 0.3) is 0 Å². The van der Waals surface area contributed by atoms with Gasteiger partial charge in [0.15, 0.2) is 0 Å². The van der Waals surface area contributed by atoms with E-state index in [-0.39, 0.29) is 17.9 Å². The number of hydrogen-bond acceptors (Lipinski definition) is 4. The number of nitrogens with one attached hydrogen (secondary N) is 1. The Morgan fingerprint density at radius 3 is 2.59 bits per heavy atom. The molecule has 0 bridgehead atoms. The summed E-state index contributed by atoms with van der Waals surface area (Å²) in [5.41, 5.74) is 3.54. The number of benzene rings is 2. The van der Waals surface area contributed by atoms with E-state index in [1.165, 1.54) is 6.92 Å². The number of rotatable bonds is 5. The molecule has 0 radical (unpaired) electrons. The monoisotopic (exact) mass is 389 g/mol. The summed E-state index contributed by atoms with van der Waals surface area (Å²) in [6.07, 6.45) is 3.17. The third-order valence-corrected chi connectivity index (χ3v) is 5.10. The molecule has 1 aliphatic heterocycles. The van der Waals surface area contributed by atoms with Crippen molar-refractivity contribution >= 4 is 17.5 Å². The summed E-state index contributed by atoms with van der Waals surface area (Å²) >= 11 is 0. The van der Waals surface area contributed by atoms with Gasteiger partial charge in [-0.25, -0.2) is 4.68 Å². The zero-order valence-electron chi connectivity index (χ0n) is 16.3. The topological polar surface area (TPSA) is 80.1 Å². The molecule has 1 fully saturated rings. The number of anilines is 1. The maximum absolute atomic E-state index is 12.7. The van der Waals surface area contributed by atoms with Gasteiger partial charge < -0.3 is 10.2 Å². The minimum Gasteiger partial charge on any atom is -0.340 e. The van der Waals surface area contributed by atoms with E-state index in [1.54, 1.807) is 0 Å². The van der Waals surface area contributed by atoms with E-state index < -0.39 is 0 Å². The minimum atomic E-state index is -0.111. The number of hydrogen-bond donors (Lipinski definition) is 1. The molecule has 1 N–H and O–H groups in total. The molecule has 7 nitrogen and oxygen atoms in total. The molecule has 2 amide bonds. The van der Waals surface area contributed by atoms with Crippen molar-refractivity contribution in [2.24, 2.45) is 0 Å². The van der Waals surface area contributed by atoms with E-state index in [2.05, 4.69) is 15.6 Å². The fourth-order valence-corrected chi connectivity index (χ4v) is 3.58. The normalized spacial score (nSPS) is 16.0. The van der Waals surface area contributed by atoms with Crippen LogP contribution in [0, 0.1) is 0 Å². The summed E-state index contributed by atoms with van der Waals surface area (Å²) in [7, 11) is 0. The van der Waals surface area contributed by atoms with Crippen molar-refractivity contribution < 1.29 is 9.59 Å². The first-order valence-electron chi connectivity index (χ1n) is 9.70. The third kappa shape index (κ3) is 4.51. The molecule has 7 heteroatoms. The highest BCUT2D eigenvalue weighted by Crippen LogP contribution is 2.24. The van der Waals surface area contributed by atoms with Crippen LogP contribution in [0.15, 0.2) is 60.8 Å². The van der Waals surface area contributed by atoms with Crippen LogP contribution in [0.4, 0.5) is 5.69 Å². The second-order valence-corrected chi connectivity index (χ2v) is 7.29. The van der Waals surface area contributed by atoms with E-state index in [0.717, 1.165) is 28.9 Å². The van der Waals surface area contributed by atoms with E-state index >= 15 is 0 Å². The fourth-order valence-electron chi connectivity index (χ4n) is 3.58. The number of carbonyl (C=O) groups is 2. The Morgan fingerprint density at radius 1 is 1.10 bits per heavy atom. The Labute approximate surface area is 169 Å². The Bertz CT molecular complexity index is 998. The molecule has 3 aromatic rings. The number of carbonyl (C=O) groups excluding carboxylic acids is 2. The van der Waals surface area contributed by atoms with Gasteiger partial charge in [-0.05, 0) is 24.1 Å². The molecule has 1 aliphatic rings.